The highest BCUT2D eigenvalue weighted by atomic mass is 79.9. The molecule has 0 unspecified atom stereocenters. The van der Waals surface area contributed by atoms with E-state index in [-0.39, 0.29) is 6.04 Å². The Morgan fingerprint density at radius 1 is 1.38 bits per heavy atom. The van der Waals surface area contributed by atoms with Crippen LogP contribution in [0.5, 0.6) is 11.5 Å². The molecule has 5 heteroatoms. The maximum absolute atomic E-state index is 5.59. The third-order valence-electron chi connectivity index (χ3n) is 3.16. The molecule has 0 saturated carbocycles. The van der Waals surface area contributed by atoms with Crippen molar-refractivity contribution in [2.45, 2.75) is 26.4 Å². The first-order chi connectivity index (χ1) is 10.2. The maximum atomic E-state index is 5.59. The maximum Gasteiger partial charge on any atom is 0.175 e. The lowest BCUT2D eigenvalue weighted by molar-refractivity contribution is 0.308. The van der Waals surface area contributed by atoms with E-state index in [2.05, 4.69) is 28.2 Å². The molecule has 0 aliphatic rings. The summed E-state index contributed by atoms with van der Waals surface area (Å²) in [6.07, 6.45) is 1.68. The molecule has 1 N–H and O–H groups in total. The highest BCUT2D eigenvalue weighted by Gasteiger charge is 2.13. The summed E-state index contributed by atoms with van der Waals surface area (Å²) < 4.78 is 17.3. The summed E-state index contributed by atoms with van der Waals surface area (Å²) in [4.78, 5) is 0. The van der Waals surface area contributed by atoms with E-state index in [0.29, 0.717) is 13.2 Å². The SMILES string of the molecule is CCOc1c(Br)cc(CN[C@@H](C)c2ccco2)cc1OC. The first-order valence-corrected chi connectivity index (χ1v) is 7.71. The Kier molecular flexibility index (Phi) is 5.70. The standard InChI is InChI=1S/C16H20BrNO3/c1-4-20-16-13(17)8-12(9-15(16)19-3)10-18-11(2)14-6-5-7-21-14/h5-9,11,18H,4,10H2,1-3H3/t11-/m0/s1. The van der Waals surface area contributed by atoms with E-state index >= 15 is 0 Å². The summed E-state index contributed by atoms with van der Waals surface area (Å²) in [7, 11) is 1.65. The van der Waals surface area contributed by atoms with E-state index in [4.69, 9.17) is 13.9 Å². The number of halogens is 1. The third kappa shape index (κ3) is 4.02. The van der Waals surface area contributed by atoms with E-state index in [9.17, 15) is 0 Å². The van der Waals surface area contributed by atoms with Crippen LogP contribution in [0.25, 0.3) is 0 Å². The predicted molar refractivity (Wildman–Crippen MR) is 85.8 cm³/mol. The molecule has 0 radical (unpaired) electrons. The van der Waals surface area contributed by atoms with Gasteiger partial charge in [0.05, 0.1) is 30.5 Å². The Labute approximate surface area is 133 Å². The van der Waals surface area contributed by atoms with Crippen LogP contribution in [-0.2, 0) is 6.54 Å². The van der Waals surface area contributed by atoms with E-state index in [1.54, 1.807) is 13.4 Å². The van der Waals surface area contributed by atoms with E-state index in [1.165, 1.54) is 0 Å². The molecule has 1 heterocycles. The lowest BCUT2D eigenvalue weighted by atomic mass is 10.1. The molecule has 0 spiro atoms. The molecular formula is C16H20BrNO3. The molecule has 0 amide bonds. The number of methoxy groups -OCH3 is 1. The molecular weight excluding hydrogens is 334 g/mol. The van der Waals surface area contributed by atoms with Gasteiger partial charge in [-0.1, -0.05) is 0 Å². The van der Waals surface area contributed by atoms with Crippen molar-refractivity contribution in [3.05, 3.63) is 46.3 Å². The molecule has 114 valence electrons. The number of nitrogens with one attached hydrogen (secondary N) is 1. The summed E-state index contributed by atoms with van der Waals surface area (Å²) in [6.45, 7) is 5.33. The zero-order valence-electron chi connectivity index (χ0n) is 12.5. The van der Waals surface area contributed by atoms with E-state index in [0.717, 1.165) is 27.3 Å². The summed E-state index contributed by atoms with van der Waals surface area (Å²) in [5.41, 5.74) is 1.11. The second-order valence-corrected chi connectivity index (χ2v) is 5.51. The lowest BCUT2D eigenvalue weighted by Gasteiger charge is -2.15. The minimum atomic E-state index is 0.149. The van der Waals surface area contributed by atoms with Crippen molar-refractivity contribution in [3.63, 3.8) is 0 Å². The number of furan rings is 1. The second-order valence-electron chi connectivity index (χ2n) is 4.66. The molecule has 0 saturated heterocycles. The fourth-order valence-electron chi connectivity index (χ4n) is 2.07. The molecule has 0 fully saturated rings. The van der Waals surface area contributed by atoms with Crippen molar-refractivity contribution in [2.75, 3.05) is 13.7 Å². The van der Waals surface area contributed by atoms with Gasteiger partial charge in [-0.05, 0) is 59.6 Å². The predicted octanol–water partition coefficient (Wildman–Crippen LogP) is 4.30. The number of hydrogen-bond acceptors (Lipinski definition) is 4. The van der Waals surface area contributed by atoms with Crippen molar-refractivity contribution in [1.82, 2.24) is 5.32 Å². The average molecular weight is 354 g/mol. The van der Waals surface area contributed by atoms with Crippen LogP contribution in [0.3, 0.4) is 0 Å². The first kappa shape index (κ1) is 15.9. The van der Waals surface area contributed by atoms with Crippen LogP contribution in [0.4, 0.5) is 0 Å². The number of rotatable bonds is 7. The van der Waals surface area contributed by atoms with Crippen LogP contribution in [0.15, 0.2) is 39.4 Å². The second kappa shape index (κ2) is 7.52. The molecule has 0 aliphatic heterocycles. The molecule has 0 aliphatic carbocycles. The van der Waals surface area contributed by atoms with Gasteiger partial charge in [-0.15, -0.1) is 0 Å². The highest BCUT2D eigenvalue weighted by Crippen LogP contribution is 2.36. The Morgan fingerprint density at radius 3 is 2.81 bits per heavy atom. The Balaban J connectivity index is 2.08. The minimum Gasteiger partial charge on any atom is -0.493 e. The molecule has 2 aromatic rings. The van der Waals surface area contributed by atoms with Crippen LogP contribution in [0, 0.1) is 0 Å². The van der Waals surface area contributed by atoms with Gasteiger partial charge < -0.3 is 19.2 Å². The monoisotopic (exact) mass is 353 g/mol. The molecule has 2 rings (SSSR count). The molecule has 1 atom stereocenters. The van der Waals surface area contributed by atoms with Crippen molar-refractivity contribution in [2.24, 2.45) is 0 Å². The quantitative estimate of drug-likeness (QED) is 0.805. The van der Waals surface area contributed by atoms with Gasteiger partial charge in [-0.2, -0.15) is 0 Å². The van der Waals surface area contributed by atoms with Crippen LogP contribution in [0.1, 0.15) is 31.2 Å². The van der Waals surface area contributed by atoms with Crippen molar-refractivity contribution < 1.29 is 13.9 Å². The molecule has 0 bridgehead atoms. The molecule has 4 nitrogen and oxygen atoms in total. The van der Waals surface area contributed by atoms with Gasteiger partial charge in [0.15, 0.2) is 11.5 Å². The fraction of sp³-hybridized carbons (Fsp3) is 0.375. The first-order valence-electron chi connectivity index (χ1n) is 6.91. The Hall–Kier alpha value is -1.46. The van der Waals surface area contributed by atoms with Crippen LogP contribution >= 0.6 is 15.9 Å². The van der Waals surface area contributed by atoms with Gasteiger partial charge in [0.1, 0.15) is 5.76 Å². The Bertz CT molecular complexity index is 569. The van der Waals surface area contributed by atoms with Crippen molar-refractivity contribution in [3.8, 4) is 11.5 Å². The molecule has 1 aromatic heterocycles. The minimum absolute atomic E-state index is 0.149. The summed E-state index contributed by atoms with van der Waals surface area (Å²) >= 11 is 3.53. The zero-order valence-corrected chi connectivity index (χ0v) is 14.1. The topological polar surface area (TPSA) is 43.6 Å². The van der Waals surface area contributed by atoms with Gasteiger partial charge in [-0.25, -0.2) is 0 Å². The Morgan fingerprint density at radius 2 is 2.19 bits per heavy atom. The number of benzene rings is 1. The largest absolute Gasteiger partial charge is 0.493 e. The van der Waals surface area contributed by atoms with Gasteiger partial charge in [-0.3, -0.25) is 0 Å². The zero-order chi connectivity index (χ0) is 15.2. The lowest BCUT2D eigenvalue weighted by Crippen LogP contribution is -2.17. The van der Waals surface area contributed by atoms with Gasteiger partial charge in [0, 0.05) is 6.54 Å². The fourth-order valence-corrected chi connectivity index (χ4v) is 2.67. The van der Waals surface area contributed by atoms with Crippen LogP contribution in [0.2, 0.25) is 0 Å². The summed E-state index contributed by atoms with van der Waals surface area (Å²) in [5.74, 6) is 2.39. The number of hydrogen-bond donors (Lipinski definition) is 1. The molecule has 21 heavy (non-hydrogen) atoms. The van der Waals surface area contributed by atoms with E-state index in [1.807, 2.05) is 31.2 Å². The summed E-state index contributed by atoms with van der Waals surface area (Å²) in [5, 5.41) is 3.42. The normalized spacial score (nSPS) is 12.2. The van der Waals surface area contributed by atoms with Crippen molar-refractivity contribution >= 4 is 15.9 Å². The summed E-state index contributed by atoms with van der Waals surface area (Å²) in [6, 6.07) is 8.03. The van der Waals surface area contributed by atoms with Gasteiger partial charge in [0.2, 0.25) is 0 Å². The third-order valence-corrected chi connectivity index (χ3v) is 3.75. The average Bonchev–Trinajstić information content (AvgIpc) is 3.01. The highest BCUT2D eigenvalue weighted by molar-refractivity contribution is 9.10. The van der Waals surface area contributed by atoms with Crippen molar-refractivity contribution in [1.29, 1.82) is 0 Å². The smallest absolute Gasteiger partial charge is 0.175 e. The molecule has 1 aromatic carbocycles. The van der Waals surface area contributed by atoms with Gasteiger partial charge in [0.25, 0.3) is 0 Å². The van der Waals surface area contributed by atoms with E-state index < -0.39 is 0 Å². The number of ether oxygens (including phenoxy) is 2. The van der Waals surface area contributed by atoms with Crippen LogP contribution < -0.4 is 14.8 Å². The van der Waals surface area contributed by atoms with Gasteiger partial charge >= 0.3 is 0 Å². The van der Waals surface area contributed by atoms with Crippen LogP contribution in [-0.4, -0.2) is 13.7 Å².